The maximum atomic E-state index is 13.0. The molecule has 3 N–H and O–H groups in total. The van der Waals surface area contributed by atoms with E-state index in [2.05, 4.69) is 15.5 Å². The zero-order valence-electron chi connectivity index (χ0n) is 18.9. The first-order chi connectivity index (χ1) is 16.8. The predicted octanol–water partition coefficient (Wildman–Crippen LogP) is 2.63. The molecular weight excluding hydrogens is 468 g/mol. The van der Waals surface area contributed by atoms with E-state index >= 15 is 0 Å². The van der Waals surface area contributed by atoms with Crippen LogP contribution in [0.1, 0.15) is 10.4 Å². The summed E-state index contributed by atoms with van der Waals surface area (Å²) >= 11 is 0. The van der Waals surface area contributed by atoms with E-state index in [0.29, 0.717) is 11.3 Å². The molecule has 0 atom stereocenters. The number of carboxylic acid groups (broad SMARTS) is 1. The van der Waals surface area contributed by atoms with Crippen molar-refractivity contribution < 1.29 is 23.1 Å². The summed E-state index contributed by atoms with van der Waals surface area (Å²) in [6, 6.07) is 21.0. The van der Waals surface area contributed by atoms with Crippen molar-refractivity contribution in [3.8, 4) is 0 Å². The average Bonchev–Trinajstić information content (AvgIpc) is 2.89. The molecule has 0 aliphatic carbocycles. The lowest BCUT2D eigenvalue weighted by Gasteiger charge is -2.29. The molecule has 0 radical (unpaired) electrons. The predicted molar refractivity (Wildman–Crippen MR) is 135 cm³/mol. The van der Waals surface area contributed by atoms with Crippen molar-refractivity contribution in [3.05, 3.63) is 84.4 Å². The van der Waals surface area contributed by atoms with Crippen molar-refractivity contribution in [1.29, 1.82) is 0 Å². The van der Waals surface area contributed by atoms with Crippen LogP contribution in [0.4, 0.5) is 17.1 Å². The molecule has 1 aliphatic rings. The average molecular weight is 495 g/mol. The van der Waals surface area contributed by atoms with Crippen LogP contribution in [0, 0.1) is 0 Å². The maximum absolute atomic E-state index is 13.0. The number of carbonyl (C=O) groups excluding carboxylic acids is 1. The maximum Gasteiger partial charge on any atom is 0.324 e. The number of benzene rings is 3. The molecule has 1 fully saturated rings. The molecule has 0 bridgehead atoms. The Morgan fingerprint density at radius 3 is 2.14 bits per heavy atom. The highest BCUT2D eigenvalue weighted by Crippen LogP contribution is 2.25. The quantitative estimate of drug-likeness (QED) is 0.440. The minimum absolute atomic E-state index is 0.0210. The zero-order valence-corrected chi connectivity index (χ0v) is 19.7. The highest BCUT2D eigenvalue weighted by molar-refractivity contribution is 7.92. The summed E-state index contributed by atoms with van der Waals surface area (Å²) in [6.07, 6.45) is 0. The van der Waals surface area contributed by atoms with Crippen LogP contribution < -0.4 is 19.8 Å². The molecule has 9 nitrogen and oxygen atoms in total. The Hall–Kier alpha value is -3.89. The van der Waals surface area contributed by atoms with E-state index in [9.17, 15) is 23.1 Å². The van der Waals surface area contributed by atoms with Crippen molar-refractivity contribution in [2.24, 2.45) is 0 Å². The van der Waals surface area contributed by atoms with Crippen LogP contribution >= 0.6 is 0 Å². The molecule has 4 rings (SSSR count). The molecule has 1 aliphatic heterocycles. The number of carbonyl (C=O) groups is 2. The minimum atomic E-state index is -4.10. The lowest BCUT2D eigenvalue weighted by atomic mass is 10.2. The molecular formula is C25H26N4O5S. The Morgan fingerprint density at radius 1 is 0.914 bits per heavy atom. The van der Waals surface area contributed by atoms with E-state index < -0.39 is 22.5 Å². The lowest BCUT2D eigenvalue weighted by molar-refractivity contribution is -0.135. The van der Waals surface area contributed by atoms with Gasteiger partial charge in [0.2, 0.25) is 0 Å². The Morgan fingerprint density at radius 2 is 1.54 bits per heavy atom. The first-order valence-corrected chi connectivity index (χ1v) is 12.6. The molecule has 10 heteroatoms. The second-order valence-corrected chi connectivity index (χ2v) is 9.87. The van der Waals surface area contributed by atoms with Gasteiger partial charge in [-0.25, -0.2) is 8.42 Å². The number of amides is 1. The molecule has 1 saturated heterocycles. The van der Waals surface area contributed by atoms with Gasteiger partial charge >= 0.3 is 5.97 Å². The van der Waals surface area contributed by atoms with E-state index in [1.807, 2.05) is 24.3 Å². The molecule has 182 valence electrons. The van der Waals surface area contributed by atoms with Crippen molar-refractivity contribution in [1.82, 2.24) is 5.32 Å². The van der Waals surface area contributed by atoms with Crippen LogP contribution in [0.25, 0.3) is 0 Å². The molecule has 0 unspecified atom stereocenters. The van der Waals surface area contributed by atoms with Crippen molar-refractivity contribution in [3.63, 3.8) is 0 Å². The standard InChI is InChI=1S/C25H26N4O5S/c30-24(31)18-29(35(33,34)23-4-2-1-3-5-23)22-10-6-19(7-11-22)25(32)27-20-8-12-21(13-9-20)28-16-14-26-15-17-28/h1-13,26H,14-18H2,(H,27,32)(H,30,31). The first kappa shape index (κ1) is 24.2. The zero-order chi connectivity index (χ0) is 24.8. The van der Waals surface area contributed by atoms with Gasteiger partial charge in [-0.05, 0) is 60.7 Å². The molecule has 1 amide bonds. The third-order valence-electron chi connectivity index (χ3n) is 5.63. The van der Waals surface area contributed by atoms with Gasteiger partial charge in [0, 0.05) is 43.1 Å². The van der Waals surface area contributed by atoms with Gasteiger partial charge in [0.25, 0.3) is 15.9 Å². The molecule has 1 heterocycles. The molecule has 3 aromatic rings. The van der Waals surface area contributed by atoms with Gasteiger partial charge in [-0.1, -0.05) is 18.2 Å². The van der Waals surface area contributed by atoms with Gasteiger partial charge in [0.1, 0.15) is 6.54 Å². The number of hydrogen-bond donors (Lipinski definition) is 3. The molecule has 35 heavy (non-hydrogen) atoms. The van der Waals surface area contributed by atoms with Gasteiger partial charge < -0.3 is 20.6 Å². The number of piperazine rings is 1. The molecule has 0 aromatic heterocycles. The minimum Gasteiger partial charge on any atom is -0.480 e. The highest BCUT2D eigenvalue weighted by atomic mass is 32.2. The largest absolute Gasteiger partial charge is 0.480 e. The van der Waals surface area contributed by atoms with E-state index in [-0.39, 0.29) is 16.5 Å². The number of sulfonamides is 1. The van der Waals surface area contributed by atoms with Crippen LogP contribution in [0.5, 0.6) is 0 Å². The summed E-state index contributed by atoms with van der Waals surface area (Å²) in [7, 11) is -4.10. The first-order valence-electron chi connectivity index (χ1n) is 11.1. The van der Waals surface area contributed by atoms with Gasteiger partial charge in [-0.15, -0.1) is 0 Å². The summed E-state index contributed by atoms with van der Waals surface area (Å²) < 4.78 is 26.9. The topological polar surface area (TPSA) is 119 Å². The monoisotopic (exact) mass is 494 g/mol. The number of carboxylic acids is 1. The van der Waals surface area contributed by atoms with Crippen LogP contribution in [-0.4, -0.2) is 58.1 Å². The van der Waals surface area contributed by atoms with E-state index in [1.165, 1.54) is 36.4 Å². The second-order valence-electron chi connectivity index (χ2n) is 8.00. The molecule has 0 saturated carbocycles. The second kappa shape index (κ2) is 10.6. The van der Waals surface area contributed by atoms with Gasteiger partial charge in [0.05, 0.1) is 10.6 Å². The lowest BCUT2D eigenvalue weighted by Crippen LogP contribution is -2.43. The molecule has 0 spiro atoms. The van der Waals surface area contributed by atoms with E-state index in [0.717, 1.165) is 36.2 Å². The third-order valence-corrected chi connectivity index (χ3v) is 7.42. The summed E-state index contributed by atoms with van der Waals surface area (Å²) in [5.74, 6) is -1.65. The summed E-state index contributed by atoms with van der Waals surface area (Å²) in [6.45, 7) is 2.98. The third kappa shape index (κ3) is 5.79. The van der Waals surface area contributed by atoms with Crippen molar-refractivity contribution in [2.75, 3.05) is 47.2 Å². The van der Waals surface area contributed by atoms with Crippen molar-refractivity contribution >= 4 is 39.0 Å². The number of anilines is 3. The number of hydrogen-bond acceptors (Lipinski definition) is 6. The Labute approximate surface area is 204 Å². The van der Waals surface area contributed by atoms with Gasteiger partial charge in [-0.3, -0.25) is 13.9 Å². The van der Waals surface area contributed by atoms with Crippen LogP contribution in [0.2, 0.25) is 0 Å². The Balaban J connectivity index is 1.48. The highest BCUT2D eigenvalue weighted by Gasteiger charge is 2.27. The normalized spacial score (nSPS) is 13.8. The van der Waals surface area contributed by atoms with Crippen molar-refractivity contribution in [2.45, 2.75) is 4.90 Å². The SMILES string of the molecule is O=C(O)CN(c1ccc(C(=O)Nc2ccc(N3CCNCC3)cc2)cc1)S(=O)(=O)c1ccccc1. The van der Waals surface area contributed by atoms with Gasteiger partial charge in [0.15, 0.2) is 0 Å². The summed E-state index contributed by atoms with van der Waals surface area (Å²) in [5.41, 5.74) is 2.18. The Bertz CT molecular complexity index is 1270. The fourth-order valence-electron chi connectivity index (χ4n) is 3.82. The van der Waals surface area contributed by atoms with Crippen LogP contribution in [0.15, 0.2) is 83.8 Å². The summed E-state index contributed by atoms with van der Waals surface area (Å²) in [5, 5.41) is 15.4. The number of nitrogens with one attached hydrogen (secondary N) is 2. The number of rotatable bonds is 8. The van der Waals surface area contributed by atoms with Gasteiger partial charge in [-0.2, -0.15) is 0 Å². The summed E-state index contributed by atoms with van der Waals surface area (Å²) in [4.78, 5) is 26.4. The smallest absolute Gasteiger partial charge is 0.324 e. The van der Waals surface area contributed by atoms with Crippen LogP contribution in [0.3, 0.4) is 0 Å². The van der Waals surface area contributed by atoms with Crippen LogP contribution in [-0.2, 0) is 14.8 Å². The van der Waals surface area contributed by atoms with E-state index in [1.54, 1.807) is 18.2 Å². The van der Waals surface area contributed by atoms with E-state index in [4.69, 9.17) is 0 Å². The number of aliphatic carboxylic acids is 1. The Kier molecular flexibility index (Phi) is 7.33. The number of nitrogens with zero attached hydrogens (tertiary/aromatic N) is 2. The fraction of sp³-hybridized carbons (Fsp3) is 0.200. The fourth-order valence-corrected chi connectivity index (χ4v) is 5.25. The molecule has 3 aromatic carbocycles.